The summed E-state index contributed by atoms with van der Waals surface area (Å²) in [6.45, 7) is 1.41. The fourth-order valence-corrected chi connectivity index (χ4v) is 1.38. The summed E-state index contributed by atoms with van der Waals surface area (Å²) in [5, 5.41) is 0. The molecule has 0 atom stereocenters. The van der Waals surface area contributed by atoms with Crippen molar-refractivity contribution in [2.45, 2.75) is 13.3 Å². The van der Waals surface area contributed by atoms with E-state index in [4.69, 9.17) is 0 Å². The number of halogens is 4. The number of pyridine rings is 1. The number of aldehydes is 1. The normalized spacial score (nSPS) is 11.3. The molecule has 1 heterocycles. The van der Waals surface area contributed by atoms with E-state index >= 15 is 0 Å². The lowest BCUT2D eigenvalue weighted by Crippen LogP contribution is -2.19. The SMILES string of the molecule is Cc1c(OC(F)(F)F)ncc(C=O)c1I. The van der Waals surface area contributed by atoms with Crippen molar-refractivity contribution in [2.24, 2.45) is 0 Å². The molecule has 0 N–H and O–H groups in total. The Morgan fingerprint density at radius 1 is 1.53 bits per heavy atom. The van der Waals surface area contributed by atoms with Crippen LogP contribution in [0, 0.1) is 10.5 Å². The topological polar surface area (TPSA) is 39.2 Å². The molecule has 3 nitrogen and oxygen atoms in total. The number of carbonyl (C=O) groups excluding carboxylic acids is 1. The first kappa shape index (κ1) is 12.2. The molecule has 0 aliphatic rings. The van der Waals surface area contributed by atoms with Gasteiger partial charge in [0.2, 0.25) is 5.88 Å². The Labute approximate surface area is 96.8 Å². The van der Waals surface area contributed by atoms with Crippen LogP contribution in [0.2, 0.25) is 0 Å². The molecule has 0 bridgehead atoms. The fraction of sp³-hybridized carbons (Fsp3) is 0.250. The van der Waals surface area contributed by atoms with E-state index in [-0.39, 0.29) is 11.1 Å². The molecular formula is C8H5F3INO2. The molecule has 0 aromatic carbocycles. The van der Waals surface area contributed by atoms with Crippen molar-refractivity contribution < 1.29 is 22.7 Å². The molecule has 82 valence electrons. The van der Waals surface area contributed by atoms with Gasteiger partial charge in [0.15, 0.2) is 6.29 Å². The molecule has 1 aromatic heterocycles. The zero-order valence-electron chi connectivity index (χ0n) is 7.43. The van der Waals surface area contributed by atoms with E-state index in [0.29, 0.717) is 9.86 Å². The Bertz CT molecular complexity index is 392. The second-order valence-electron chi connectivity index (χ2n) is 2.62. The molecule has 0 saturated carbocycles. The highest BCUT2D eigenvalue weighted by Crippen LogP contribution is 2.27. The highest BCUT2D eigenvalue weighted by atomic mass is 127. The molecule has 0 aliphatic heterocycles. The van der Waals surface area contributed by atoms with Crippen LogP contribution >= 0.6 is 22.6 Å². The molecule has 0 amide bonds. The average molecular weight is 331 g/mol. The second-order valence-corrected chi connectivity index (χ2v) is 3.70. The van der Waals surface area contributed by atoms with E-state index in [2.05, 4.69) is 9.72 Å². The first-order valence-corrected chi connectivity index (χ1v) is 4.79. The van der Waals surface area contributed by atoms with Crippen molar-refractivity contribution in [1.82, 2.24) is 4.98 Å². The van der Waals surface area contributed by atoms with Gasteiger partial charge in [-0.3, -0.25) is 4.79 Å². The van der Waals surface area contributed by atoms with Crippen molar-refractivity contribution in [1.29, 1.82) is 0 Å². The van der Waals surface area contributed by atoms with Crippen LogP contribution in [0.1, 0.15) is 15.9 Å². The summed E-state index contributed by atoms with van der Waals surface area (Å²) in [6.07, 6.45) is -3.20. The van der Waals surface area contributed by atoms with Gasteiger partial charge in [-0.05, 0) is 29.5 Å². The van der Waals surface area contributed by atoms with Crippen LogP contribution < -0.4 is 4.74 Å². The lowest BCUT2D eigenvalue weighted by Gasteiger charge is -2.11. The minimum absolute atomic E-state index is 0.192. The van der Waals surface area contributed by atoms with Crippen LogP contribution in [0.3, 0.4) is 0 Å². The van der Waals surface area contributed by atoms with Crippen molar-refractivity contribution in [3.05, 3.63) is 20.9 Å². The largest absolute Gasteiger partial charge is 0.574 e. The Balaban J connectivity index is 3.12. The van der Waals surface area contributed by atoms with Gasteiger partial charge in [0.25, 0.3) is 0 Å². The number of rotatable bonds is 2. The predicted molar refractivity (Wildman–Crippen MR) is 53.8 cm³/mol. The van der Waals surface area contributed by atoms with Crippen molar-refractivity contribution >= 4 is 28.9 Å². The number of alkyl halides is 3. The first-order chi connectivity index (χ1) is 6.85. The summed E-state index contributed by atoms with van der Waals surface area (Å²) in [4.78, 5) is 13.9. The molecule has 1 aromatic rings. The average Bonchev–Trinajstić information content (AvgIpc) is 2.11. The number of ether oxygens (including phenoxy) is 1. The lowest BCUT2D eigenvalue weighted by atomic mass is 10.2. The van der Waals surface area contributed by atoms with Gasteiger partial charge >= 0.3 is 6.36 Å². The third kappa shape index (κ3) is 3.05. The molecule has 0 saturated heterocycles. The molecule has 15 heavy (non-hydrogen) atoms. The highest BCUT2D eigenvalue weighted by Gasteiger charge is 2.32. The van der Waals surface area contributed by atoms with Gasteiger partial charge in [-0.2, -0.15) is 0 Å². The van der Waals surface area contributed by atoms with Gasteiger partial charge in [-0.1, -0.05) is 0 Å². The Hall–Kier alpha value is -0.860. The molecule has 0 spiro atoms. The van der Waals surface area contributed by atoms with Crippen LogP contribution in [0.15, 0.2) is 6.20 Å². The molecule has 7 heteroatoms. The molecule has 0 fully saturated rings. The Morgan fingerprint density at radius 2 is 2.13 bits per heavy atom. The third-order valence-corrected chi connectivity index (χ3v) is 3.00. The Kier molecular flexibility index (Phi) is 3.53. The lowest BCUT2D eigenvalue weighted by molar-refractivity contribution is -0.276. The molecule has 0 radical (unpaired) electrons. The van der Waals surface area contributed by atoms with Crippen LogP contribution in [0.4, 0.5) is 13.2 Å². The quantitative estimate of drug-likeness (QED) is 0.618. The molecule has 0 unspecified atom stereocenters. The number of hydrogen-bond donors (Lipinski definition) is 0. The second kappa shape index (κ2) is 4.33. The maximum absolute atomic E-state index is 11.9. The van der Waals surface area contributed by atoms with Gasteiger partial charge in [0.1, 0.15) is 0 Å². The van der Waals surface area contributed by atoms with E-state index in [1.54, 1.807) is 22.6 Å². The molecule has 1 rings (SSSR count). The van der Waals surface area contributed by atoms with Crippen molar-refractivity contribution in [3.63, 3.8) is 0 Å². The number of nitrogens with zero attached hydrogens (tertiary/aromatic N) is 1. The first-order valence-electron chi connectivity index (χ1n) is 3.71. The van der Waals surface area contributed by atoms with Gasteiger partial charge in [0, 0.05) is 20.9 Å². The van der Waals surface area contributed by atoms with Gasteiger partial charge < -0.3 is 4.74 Å². The van der Waals surface area contributed by atoms with E-state index in [1.807, 2.05) is 0 Å². The van der Waals surface area contributed by atoms with E-state index < -0.39 is 12.2 Å². The van der Waals surface area contributed by atoms with Crippen molar-refractivity contribution in [2.75, 3.05) is 0 Å². The van der Waals surface area contributed by atoms with Gasteiger partial charge in [0.05, 0.1) is 0 Å². The van der Waals surface area contributed by atoms with Gasteiger partial charge in [-0.25, -0.2) is 4.98 Å². The third-order valence-electron chi connectivity index (χ3n) is 1.56. The van der Waals surface area contributed by atoms with Crippen molar-refractivity contribution in [3.8, 4) is 5.88 Å². The van der Waals surface area contributed by atoms with Crippen LogP contribution in [-0.4, -0.2) is 17.6 Å². The monoisotopic (exact) mass is 331 g/mol. The standard InChI is InChI=1S/C8H5F3INO2/c1-4-6(12)5(3-14)2-13-7(4)15-8(9,10)11/h2-3H,1H3. The predicted octanol–water partition coefficient (Wildman–Crippen LogP) is 2.71. The van der Waals surface area contributed by atoms with Crippen LogP contribution in [-0.2, 0) is 0 Å². The number of hydrogen-bond acceptors (Lipinski definition) is 3. The van der Waals surface area contributed by atoms with Gasteiger partial charge in [-0.15, -0.1) is 13.2 Å². The summed E-state index contributed by atoms with van der Waals surface area (Å²) in [7, 11) is 0. The Morgan fingerprint density at radius 3 is 2.60 bits per heavy atom. The fourth-order valence-electron chi connectivity index (χ4n) is 0.887. The highest BCUT2D eigenvalue weighted by molar-refractivity contribution is 14.1. The van der Waals surface area contributed by atoms with E-state index in [9.17, 15) is 18.0 Å². The summed E-state index contributed by atoms with van der Waals surface area (Å²) in [6, 6.07) is 0. The minimum atomic E-state index is -4.77. The van der Waals surface area contributed by atoms with Crippen LogP contribution in [0.5, 0.6) is 5.88 Å². The molecule has 0 aliphatic carbocycles. The zero-order chi connectivity index (χ0) is 11.6. The number of aromatic nitrogens is 1. The number of carbonyl (C=O) groups is 1. The minimum Gasteiger partial charge on any atom is -0.388 e. The van der Waals surface area contributed by atoms with Crippen LogP contribution in [0.25, 0.3) is 0 Å². The maximum atomic E-state index is 11.9. The smallest absolute Gasteiger partial charge is 0.388 e. The summed E-state index contributed by atoms with van der Waals surface area (Å²) < 4.78 is 39.8. The summed E-state index contributed by atoms with van der Waals surface area (Å²) in [5.41, 5.74) is 0.431. The summed E-state index contributed by atoms with van der Waals surface area (Å²) >= 11 is 1.76. The van der Waals surface area contributed by atoms with E-state index in [1.165, 1.54) is 6.92 Å². The maximum Gasteiger partial charge on any atom is 0.574 e. The molecular weight excluding hydrogens is 326 g/mol. The van der Waals surface area contributed by atoms with E-state index in [0.717, 1.165) is 6.20 Å². The zero-order valence-corrected chi connectivity index (χ0v) is 9.59. The summed E-state index contributed by atoms with van der Waals surface area (Å²) in [5.74, 6) is -0.530.